The standard InChI is InChI=1S/C26H25ClFN3O5/c1-15-13-31(25(34)30-20-7-6-18(27)11-19(20)28)21-8-4-16(10-22(21)36-15)17-5-9-23(29-12-17)35-14-26(2,3)24(32)33/h4-12,15H,13-14H2,1-3H3,(H,30,34)(H,32,33)/t15-/m1/s1. The predicted octanol–water partition coefficient (Wildman–Crippen LogP) is 5.85. The van der Waals surface area contributed by atoms with Crippen LogP contribution in [0.15, 0.2) is 54.7 Å². The highest BCUT2D eigenvalue weighted by atomic mass is 35.5. The van der Waals surface area contributed by atoms with Crippen molar-refractivity contribution in [3.8, 4) is 22.8 Å². The summed E-state index contributed by atoms with van der Waals surface area (Å²) in [4.78, 5) is 30.0. The van der Waals surface area contributed by atoms with Gasteiger partial charge in [-0.15, -0.1) is 0 Å². The molecule has 0 saturated carbocycles. The number of carboxylic acid groups (broad SMARTS) is 1. The summed E-state index contributed by atoms with van der Waals surface area (Å²) in [5, 5.41) is 12.0. The molecule has 3 aromatic rings. The lowest BCUT2D eigenvalue weighted by Crippen LogP contribution is -2.44. The predicted molar refractivity (Wildman–Crippen MR) is 134 cm³/mol. The van der Waals surface area contributed by atoms with Gasteiger partial charge in [-0.05, 0) is 62.7 Å². The van der Waals surface area contributed by atoms with Gasteiger partial charge in [0.05, 0.1) is 23.3 Å². The molecule has 1 aliphatic rings. The third kappa shape index (κ3) is 5.52. The van der Waals surface area contributed by atoms with Gasteiger partial charge in [-0.2, -0.15) is 0 Å². The maximum Gasteiger partial charge on any atom is 0.326 e. The molecule has 1 atom stereocenters. The smallest absolute Gasteiger partial charge is 0.326 e. The molecule has 8 nitrogen and oxygen atoms in total. The number of benzene rings is 2. The summed E-state index contributed by atoms with van der Waals surface area (Å²) in [6.07, 6.45) is 1.32. The van der Waals surface area contributed by atoms with E-state index in [-0.39, 0.29) is 30.0 Å². The van der Waals surface area contributed by atoms with Gasteiger partial charge in [0.1, 0.15) is 24.3 Å². The number of pyridine rings is 1. The minimum absolute atomic E-state index is 0.0168. The Kier molecular flexibility index (Phi) is 7.03. The minimum Gasteiger partial charge on any atom is -0.487 e. The highest BCUT2D eigenvalue weighted by Crippen LogP contribution is 2.37. The van der Waals surface area contributed by atoms with Crippen molar-refractivity contribution in [2.24, 2.45) is 5.41 Å². The van der Waals surface area contributed by atoms with E-state index in [1.165, 1.54) is 17.0 Å². The van der Waals surface area contributed by atoms with Crippen molar-refractivity contribution in [2.75, 3.05) is 23.4 Å². The van der Waals surface area contributed by atoms with Crippen molar-refractivity contribution in [1.82, 2.24) is 4.98 Å². The number of fused-ring (bicyclic) bond motifs is 1. The van der Waals surface area contributed by atoms with Gasteiger partial charge in [0.15, 0.2) is 0 Å². The normalized spacial score (nSPS) is 15.0. The van der Waals surface area contributed by atoms with Crippen LogP contribution in [0.3, 0.4) is 0 Å². The number of nitrogens with one attached hydrogen (secondary N) is 1. The SMILES string of the molecule is C[C@@H]1CN(C(=O)Nc2ccc(Cl)cc2F)c2ccc(-c3ccc(OCC(C)(C)C(=O)O)nc3)cc2O1. The lowest BCUT2D eigenvalue weighted by atomic mass is 9.95. The molecule has 0 unspecified atom stereocenters. The number of amides is 2. The fourth-order valence-electron chi connectivity index (χ4n) is 3.54. The van der Waals surface area contributed by atoms with Gasteiger partial charge in [0.25, 0.3) is 0 Å². The fraction of sp³-hybridized carbons (Fsp3) is 0.269. The van der Waals surface area contributed by atoms with Crippen molar-refractivity contribution in [1.29, 1.82) is 0 Å². The number of rotatable bonds is 6. The first-order valence-corrected chi connectivity index (χ1v) is 11.6. The molecule has 2 N–H and O–H groups in total. The van der Waals surface area contributed by atoms with Crippen molar-refractivity contribution in [2.45, 2.75) is 26.9 Å². The second-order valence-corrected chi connectivity index (χ2v) is 9.58. The van der Waals surface area contributed by atoms with Crippen LogP contribution in [0.5, 0.6) is 11.6 Å². The Hall–Kier alpha value is -3.85. The molecule has 0 spiro atoms. The molecule has 0 fully saturated rings. The third-order valence-corrected chi connectivity index (χ3v) is 5.90. The average Bonchev–Trinajstić information content (AvgIpc) is 2.83. The molecular weight excluding hydrogens is 489 g/mol. The van der Waals surface area contributed by atoms with Crippen molar-refractivity contribution >= 4 is 35.0 Å². The molecule has 2 aromatic carbocycles. The average molecular weight is 514 g/mol. The first kappa shape index (κ1) is 25.2. The van der Waals surface area contributed by atoms with Gasteiger partial charge in [-0.1, -0.05) is 17.7 Å². The number of aliphatic carboxylic acids is 1. The van der Waals surface area contributed by atoms with Crippen LogP contribution in [0, 0.1) is 11.2 Å². The molecule has 4 rings (SSSR count). The Morgan fingerprint density at radius 3 is 2.64 bits per heavy atom. The quantitative estimate of drug-likeness (QED) is 0.429. The molecule has 2 heterocycles. The monoisotopic (exact) mass is 513 g/mol. The number of ether oxygens (including phenoxy) is 2. The Labute approximate surface area is 212 Å². The van der Waals surface area contributed by atoms with Crippen LogP contribution in [0.4, 0.5) is 20.6 Å². The molecule has 0 aliphatic carbocycles. The Balaban J connectivity index is 1.52. The first-order chi connectivity index (χ1) is 17.0. The first-order valence-electron chi connectivity index (χ1n) is 11.2. The number of anilines is 2. The number of nitrogens with zero attached hydrogens (tertiary/aromatic N) is 2. The Morgan fingerprint density at radius 1 is 1.22 bits per heavy atom. The van der Waals surface area contributed by atoms with Crippen molar-refractivity contribution < 1.29 is 28.6 Å². The maximum absolute atomic E-state index is 14.2. The van der Waals surface area contributed by atoms with E-state index in [1.54, 1.807) is 44.3 Å². The molecule has 0 saturated heterocycles. The van der Waals surface area contributed by atoms with Gasteiger partial charge >= 0.3 is 12.0 Å². The molecule has 10 heteroatoms. The summed E-state index contributed by atoms with van der Waals surface area (Å²) in [7, 11) is 0. The van der Waals surface area contributed by atoms with Crippen LogP contribution >= 0.6 is 11.6 Å². The van der Waals surface area contributed by atoms with Crippen LogP contribution in [-0.4, -0.2) is 41.3 Å². The molecule has 1 aliphatic heterocycles. The largest absolute Gasteiger partial charge is 0.487 e. The Bertz CT molecular complexity index is 1300. The zero-order valence-electron chi connectivity index (χ0n) is 19.9. The zero-order chi connectivity index (χ0) is 26.0. The van der Waals surface area contributed by atoms with E-state index in [2.05, 4.69) is 10.3 Å². The molecule has 2 amide bonds. The third-order valence-electron chi connectivity index (χ3n) is 5.67. The lowest BCUT2D eigenvalue weighted by Gasteiger charge is -2.33. The van der Waals surface area contributed by atoms with Crippen molar-refractivity contribution in [3.05, 3.63) is 65.6 Å². The summed E-state index contributed by atoms with van der Waals surface area (Å²) in [6, 6.07) is 12.4. The van der Waals surface area contributed by atoms with Gasteiger partial charge < -0.3 is 19.9 Å². The van der Waals surface area contributed by atoms with Gasteiger partial charge in [-0.25, -0.2) is 14.2 Å². The van der Waals surface area contributed by atoms with Gasteiger partial charge in [0, 0.05) is 22.8 Å². The van der Waals surface area contributed by atoms with E-state index in [1.807, 2.05) is 13.0 Å². The van der Waals surface area contributed by atoms with Crippen LogP contribution in [0.25, 0.3) is 11.1 Å². The fourth-order valence-corrected chi connectivity index (χ4v) is 3.70. The second-order valence-electron chi connectivity index (χ2n) is 9.14. The number of hydrogen-bond acceptors (Lipinski definition) is 5. The highest BCUT2D eigenvalue weighted by molar-refractivity contribution is 6.30. The molecule has 36 heavy (non-hydrogen) atoms. The van der Waals surface area contributed by atoms with E-state index in [0.29, 0.717) is 17.3 Å². The molecular formula is C26H25ClFN3O5. The summed E-state index contributed by atoms with van der Waals surface area (Å²) in [5.41, 5.74) is 1.12. The number of halogens is 2. The number of carbonyl (C=O) groups is 2. The second kappa shape index (κ2) is 10.0. The van der Waals surface area contributed by atoms with E-state index >= 15 is 0 Å². The van der Waals surface area contributed by atoms with E-state index < -0.39 is 23.2 Å². The summed E-state index contributed by atoms with van der Waals surface area (Å²) in [6.45, 7) is 5.26. The summed E-state index contributed by atoms with van der Waals surface area (Å²) in [5.74, 6) is -0.766. The van der Waals surface area contributed by atoms with E-state index in [9.17, 15) is 19.1 Å². The lowest BCUT2D eigenvalue weighted by molar-refractivity contribution is -0.148. The molecule has 1 aromatic heterocycles. The highest BCUT2D eigenvalue weighted by Gasteiger charge is 2.29. The summed E-state index contributed by atoms with van der Waals surface area (Å²) >= 11 is 5.79. The number of hydrogen-bond donors (Lipinski definition) is 2. The van der Waals surface area contributed by atoms with E-state index in [4.69, 9.17) is 21.1 Å². The van der Waals surface area contributed by atoms with E-state index in [0.717, 1.165) is 17.2 Å². The number of carbonyl (C=O) groups excluding carboxylic acids is 1. The van der Waals surface area contributed by atoms with Crippen LogP contribution < -0.4 is 19.7 Å². The van der Waals surface area contributed by atoms with Crippen LogP contribution in [0.2, 0.25) is 5.02 Å². The molecule has 188 valence electrons. The van der Waals surface area contributed by atoms with Gasteiger partial charge in [-0.3, -0.25) is 9.69 Å². The zero-order valence-corrected chi connectivity index (χ0v) is 20.7. The van der Waals surface area contributed by atoms with Crippen molar-refractivity contribution in [3.63, 3.8) is 0 Å². The number of urea groups is 1. The van der Waals surface area contributed by atoms with Crippen LogP contribution in [0.1, 0.15) is 20.8 Å². The minimum atomic E-state index is -1.04. The maximum atomic E-state index is 14.2. The molecule has 0 bridgehead atoms. The van der Waals surface area contributed by atoms with Crippen LogP contribution in [-0.2, 0) is 4.79 Å². The Morgan fingerprint density at radius 2 is 1.97 bits per heavy atom. The topological polar surface area (TPSA) is 101 Å². The number of aromatic nitrogens is 1. The summed E-state index contributed by atoms with van der Waals surface area (Å²) < 4.78 is 25.7. The van der Waals surface area contributed by atoms with Gasteiger partial charge in [0.2, 0.25) is 5.88 Å². The number of carboxylic acids is 1. The molecule has 0 radical (unpaired) electrons.